The summed E-state index contributed by atoms with van der Waals surface area (Å²) in [4.78, 5) is 1.26. The molecule has 0 radical (unpaired) electrons. The zero-order valence-electron chi connectivity index (χ0n) is 7.86. The highest BCUT2D eigenvalue weighted by molar-refractivity contribution is 7.99. The van der Waals surface area contributed by atoms with Crippen LogP contribution in [0.3, 0.4) is 0 Å². The number of rotatable bonds is 5. The standard InChI is InChI=1S/C9H15N3S/c1-12-7-9(6-11-12)13-5-4-10-8-2-3-8/h6-8,10H,2-5H2,1H3. The average molecular weight is 197 g/mol. The summed E-state index contributed by atoms with van der Waals surface area (Å²) >= 11 is 1.87. The number of nitrogens with zero attached hydrogens (tertiary/aromatic N) is 2. The van der Waals surface area contributed by atoms with Crippen molar-refractivity contribution in [2.24, 2.45) is 7.05 Å². The number of thioether (sulfide) groups is 1. The van der Waals surface area contributed by atoms with E-state index in [9.17, 15) is 0 Å². The second-order valence-corrected chi connectivity index (χ2v) is 4.59. The van der Waals surface area contributed by atoms with Crippen LogP contribution in [0.2, 0.25) is 0 Å². The predicted octanol–water partition coefficient (Wildman–Crippen LogP) is 1.26. The van der Waals surface area contributed by atoms with E-state index in [0.29, 0.717) is 0 Å². The van der Waals surface area contributed by atoms with Crippen molar-refractivity contribution in [1.29, 1.82) is 0 Å². The minimum Gasteiger partial charge on any atom is -0.313 e. The van der Waals surface area contributed by atoms with Gasteiger partial charge in [-0.3, -0.25) is 4.68 Å². The fourth-order valence-electron chi connectivity index (χ4n) is 1.19. The monoisotopic (exact) mass is 197 g/mol. The third-order valence-electron chi connectivity index (χ3n) is 2.06. The Morgan fingerprint density at radius 1 is 1.69 bits per heavy atom. The Bertz CT molecular complexity index is 268. The Morgan fingerprint density at radius 2 is 2.54 bits per heavy atom. The highest BCUT2D eigenvalue weighted by Crippen LogP contribution is 2.19. The Morgan fingerprint density at radius 3 is 3.15 bits per heavy atom. The number of hydrogen-bond donors (Lipinski definition) is 1. The van der Waals surface area contributed by atoms with E-state index in [-0.39, 0.29) is 0 Å². The van der Waals surface area contributed by atoms with Gasteiger partial charge < -0.3 is 5.32 Å². The molecule has 3 nitrogen and oxygen atoms in total. The maximum absolute atomic E-state index is 4.12. The van der Waals surface area contributed by atoms with Gasteiger partial charge in [0.05, 0.1) is 6.20 Å². The van der Waals surface area contributed by atoms with E-state index < -0.39 is 0 Å². The van der Waals surface area contributed by atoms with Crippen LogP contribution in [-0.4, -0.2) is 28.1 Å². The Hall–Kier alpha value is -0.480. The van der Waals surface area contributed by atoms with Crippen LogP contribution in [0.15, 0.2) is 17.3 Å². The molecule has 4 heteroatoms. The maximum Gasteiger partial charge on any atom is 0.0625 e. The van der Waals surface area contributed by atoms with Gasteiger partial charge in [0.25, 0.3) is 0 Å². The molecule has 1 N–H and O–H groups in total. The molecule has 1 aliphatic rings. The number of aryl methyl sites for hydroxylation is 1. The van der Waals surface area contributed by atoms with Crippen molar-refractivity contribution in [2.45, 2.75) is 23.8 Å². The van der Waals surface area contributed by atoms with E-state index in [1.165, 1.54) is 17.7 Å². The lowest BCUT2D eigenvalue weighted by molar-refractivity contribution is 0.726. The molecule has 0 bridgehead atoms. The molecular formula is C9H15N3S. The van der Waals surface area contributed by atoms with Crippen molar-refractivity contribution in [3.63, 3.8) is 0 Å². The molecule has 0 amide bonds. The summed E-state index contributed by atoms with van der Waals surface area (Å²) in [7, 11) is 1.95. The van der Waals surface area contributed by atoms with Crippen molar-refractivity contribution in [3.05, 3.63) is 12.4 Å². The molecular weight excluding hydrogens is 182 g/mol. The molecule has 0 spiro atoms. The normalized spacial score (nSPS) is 16.4. The molecule has 1 aliphatic carbocycles. The molecule has 13 heavy (non-hydrogen) atoms. The fourth-order valence-corrected chi connectivity index (χ4v) is 2.00. The summed E-state index contributed by atoms with van der Waals surface area (Å²) in [6.45, 7) is 1.12. The molecule has 1 heterocycles. The van der Waals surface area contributed by atoms with Gasteiger partial charge in [0, 0.05) is 36.5 Å². The minimum atomic E-state index is 0.828. The Balaban J connectivity index is 1.61. The molecule has 0 atom stereocenters. The van der Waals surface area contributed by atoms with Crippen molar-refractivity contribution in [2.75, 3.05) is 12.3 Å². The van der Waals surface area contributed by atoms with Gasteiger partial charge in [-0.25, -0.2) is 0 Å². The van der Waals surface area contributed by atoms with Crippen molar-refractivity contribution >= 4 is 11.8 Å². The average Bonchev–Trinajstić information content (AvgIpc) is 2.84. The smallest absolute Gasteiger partial charge is 0.0625 e. The van der Waals surface area contributed by atoms with Gasteiger partial charge in [0.1, 0.15) is 0 Å². The molecule has 1 saturated carbocycles. The van der Waals surface area contributed by atoms with E-state index in [0.717, 1.165) is 18.3 Å². The summed E-state index contributed by atoms with van der Waals surface area (Å²) in [6, 6.07) is 0.828. The largest absolute Gasteiger partial charge is 0.313 e. The molecule has 2 rings (SSSR count). The number of hydrogen-bond acceptors (Lipinski definition) is 3. The van der Waals surface area contributed by atoms with Gasteiger partial charge in [-0.05, 0) is 12.8 Å². The highest BCUT2D eigenvalue weighted by atomic mass is 32.2. The molecule has 0 saturated heterocycles. The second-order valence-electron chi connectivity index (χ2n) is 3.43. The maximum atomic E-state index is 4.12. The van der Waals surface area contributed by atoms with Crippen LogP contribution in [0, 0.1) is 0 Å². The van der Waals surface area contributed by atoms with Crippen molar-refractivity contribution in [1.82, 2.24) is 15.1 Å². The molecule has 72 valence electrons. The third kappa shape index (κ3) is 3.04. The molecule has 1 aromatic heterocycles. The van der Waals surface area contributed by atoms with Gasteiger partial charge >= 0.3 is 0 Å². The van der Waals surface area contributed by atoms with E-state index in [1.807, 2.05) is 29.7 Å². The van der Waals surface area contributed by atoms with E-state index in [4.69, 9.17) is 0 Å². The zero-order valence-corrected chi connectivity index (χ0v) is 8.68. The topological polar surface area (TPSA) is 29.9 Å². The summed E-state index contributed by atoms with van der Waals surface area (Å²) in [6.07, 6.45) is 6.72. The van der Waals surface area contributed by atoms with E-state index in [1.54, 1.807) is 0 Å². The second kappa shape index (κ2) is 4.15. The SMILES string of the molecule is Cn1cc(SCCNC2CC2)cn1. The predicted molar refractivity (Wildman–Crippen MR) is 55.0 cm³/mol. The van der Waals surface area contributed by atoms with E-state index >= 15 is 0 Å². The van der Waals surface area contributed by atoms with Crippen LogP contribution >= 0.6 is 11.8 Å². The van der Waals surface area contributed by atoms with Crippen LogP contribution < -0.4 is 5.32 Å². The summed E-state index contributed by atoms with van der Waals surface area (Å²) in [5, 5.41) is 7.60. The summed E-state index contributed by atoms with van der Waals surface area (Å²) in [5.41, 5.74) is 0. The van der Waals surface area contributed by atoms with Gasteiger partial charge in [0.15, 0.2) is 0 Å². The zero-order chi connectivity index (χ0) is 9.10. The third-order valence-corrected chi connectivity index (χ3v) is 3.01. The molecule has 1 fully saturated rings. The van der Waals surface area contributed by atoms with Crippen LogP contribution in [0.4, 0.5) is 0 Å². The molecule has 0 unspecified atom stereocenters. The van der Waals surface area contributed by atoms with Crippen LogP contribution in [-0.2, 0) is 7.05 Å². The first-order valence-corrected chi connectivity index (χ1v) is 5.68. The van der Waals surface area contributed by atoms with Crippen LogP contribution in [0.5, 0.6) is 0 Å². The Labute approximate surface area is 82.9 Å². The van der Waals surface area contributed by atoms with Crippen molar-refractivity contribution in [3.8, 4) is 0 Å². The van der Waals surface area contributed by atoms with Gasteiger partial charge in [-0.1, -0.05) is 0 Å². The first-order chi connectivity index (χ1) is 6.34. The highest BCUT2D eigenvalue weighted by Gasteiger charge is 2.19. The minimum absolute atomic E-state index is 0.828. The van der Waals surface area contributed by atoms with Crippen LogP contribution in [0.1, 0.15) is 12.8 Å². The summed E-state index contributed by atoms with van der Waals surface area (Å²) < 4.78 is 1.84. The molecule has 0 aliphatic heterocycles. The first kappa shape index (κ1) is 9.09. The lowest BCUT2D eigenvalue weighted by atomic mass is 10.6. The lowest BCUT2D eigenvalue weighted by Gasteiger charge is -1.99. The van der Waals surface area contributed by atoms with Crippen LogP contribution in [0.25, 0.3) is 0 Å². The van der Waals surface area contributed by atoms with Gasteiger partial charge in [0.2, 0.25) is 0 Å². The number of aromatic nitrogens is 2. The number of nitrogens with one attached hydrogen (secondary N) is 1. The fraction of sp³-hybridized carbons (Fsp3) is 0.667. The molecule has 0 aromatic carbocycles. The van der Waals surface area contributed by atoms with Gasteiger partial charge in [-0.15, -0.1) is 11.8 Å². The van der Waals surface area contributed by atoms with E-state index in [2.05, 4.69) is 16.6 Å². The summed E-state index contributed by atoms with van der Waals surface area (Å²) in [5.74, 6) is 1.14. The lowest BCUT2D eigenvalue weighted by Crippen LogP contribution is -2.18. The quantitative estimate of drug-likeness (QED) is 0.569. The first-order valence-electron chi connectivity index (χ1n) is 4.69. The van der Waals surface area contributed by atoms with Gasteiger partial charge in [-0.2, -0.15) is 5.10 Å². The molecule has 1 aromatic rings. The Kier molecular flexibility index (Phi) is 2.90. The van der Waals surface area contributed by atoms with Crippen molar-refractivity contribution < 1.29 is 0 Å².